The second kappa shape index (κ2) is 8.54. The number of carbonyl (C=O) groups excluding carboxylic acids is 1. The minimum Gasteiger partial charge on any atom is -0.489 e. The predicted octanol–water partition coefficient (Wildman–Crippen LogP) is 5.41. The van der Waals surface area contributed by atoms with Gasteiger partial charge in [0.25, 0.3) is 5.91 Å². The molecule has 0 spiro atoms. The van der Waals surface area contributed by atoms with Crippen LogP contribution in [0.1, 0.15) is 34.5 Å². The van der Waals surface area contributed by atoms with Crippen molar-refractivity contribution in [3.8, 4) is 5.75 Å². The monoisotopic (exact) mass is 365 g/mol. The molecule has 3 aromatic rings. The molecule has 1 amide bonds. The Labute approximate surface area is 158 Å². The Kier molecular flexibility index (Phi) is 5.92. The van der Waals surface area contributed by atoms with Crippen LogP contribution in [0.5, 0.6) is 5.75 Å². The molecule has 0 saturated heterocycles. The van der Waals surface area contributed by atoms with Gasteiger partial charge in [-0.1, -0.05) is 54.1 Å². The molecule has 0 saturated carbocycles. The molecule has 0 aliphatic rings. The van der Waals surface area contributed by atoms with Gasteiger partial charge in [-0.2, -0.15) is 0 Å². The van der Waals surface area contributed by atoms with Crippen molar-refractivity contribution in [2.45, 2.75) is 19.6 Å². The van der Waals surface area contributed by atoms with Gasteiger partial charge in [-0.25, -0.2) is 0 Å². The van der Waals surface area contributed by atoms with Gasteiger partial charge in [-0.15, -0.1) is 0 Å². The Morgan fingerprint density at radius 2 is 1.62 bits per heavy atom. The largest absolute Gasteiger partial charge is 0.489 e. The molecular weight excluding hydrogens is 346 g/mol. The van der Waals surface area contributed by atoms with E-state index in [0.717, 1.165) is 16.9 Å². The zero-order valence-electron chi connectivity index (χ0n) is 14.5. The lowest BCUT2D eigenvalue weighted by Crippen LogP contribution is -2.26. The summed E-state index contributed by atoms with van der Waals surface area (Å²) in [5.74, 6) is 0.609. The number of hydrogen-bond acceptors (Lipinski definition) is 2. The standard InChI is InChI=1S/C22H20ClNO2/c1-16(18-7-11-20(23)12-8-18)24-22(25)19-9-13-21(14-10-19)26-15-17-5-3-2-4-6-17/h2-14,16H,15H2,1H3,(H,24,25). The molecule has 3 rings (SSSR count). The highest BCUT2D eigenvalue weighted by Crippen LogP contribution is 2.18. The lowest BCUT2D eigenvalue weighted by atomic mass is 10.1. The Bertz CT molecular complexity index is 846. The summed E-state index contributed by atoms with van der Waals surface area (Å²) in [4.78, 5) is 12.4. The third-order valence-electron chi connectivity index (χ3n) is 4.08. The van der Waals surface area contributed by atoms with E-state index >= 15 is 0 Å². The van der Waals surface area contributed by atoms with Gasteiger partial charge >= 0.3 is 0 Å². The summed E-state index contributed by atoms with van der Waals surface area (Å²) in [5, 5.41) is 3.67. The van der Waals surface area contributed by atoms with Crippen molar-refractivity contribution in [1.82, 2.24) is 5.32 Å². The predicted molar refractivity (Wildman–Crippen MR) is 105 cm³/mol. The van der Waals surface area contributed by atoms with Gasteiger partial charge in [0.05, 0.1) is 6.04 Å². The van der Waals surface area contributed by atoms with E-state index in [1.807, 2.05) is 73.7 Å². The maximum absolute atomic E-state index is 12.4. The summed E-state index contributed by atoms with van der Waals surface area (Å²) in [6, 6.07) is 24.5. The molecule has 3 nitrogen and oxygen atoms in total. The summed E-state index contributed by atoms with van der Waals surface area (Å²) in [5.41, 5.74) is 2.70. The molecule has 0 bridgehead atoms. The average molecular weight is 366 g/mol. The van der Waals surface area contributed by atoms with Gasteiger partial charge in [-0.05, 0) is 54.4 Å². The second-order valence-corrected chi connectivity index (χ2v) is 6.48. The van der Waals surface area contributed by atoms with Gasteiger partial charge in [0.1, 0.15) is 12.4 Å². The quantitative estimate of drug-likeness (QED) is 0.634. The first-order valence-corrected chi connectivity index (χ1v) is 8.83. The summed E-state index contributed by atoms with van der Waals surface area (Å²) >= 11 is 5.90. The van der Waals surface area contributed by atoms with Crippen LogP contribution in [-0.4, -0.2) is 5.91 Å². The highest BCUT2D eigenvalue weighted by molar-refractivity contribution is 6.30. The van der Waals surface area contributed by atoms with Crippen LogP contribution in [0.25, 0.3) is 0 Å². The number of rotatable bonds is 6. The van der Waals surface area contributed by atoms with E-state index in [4.69, 9.17) is 16.3 Å². The first-order chi connectivity index (χ1) is 12.6. The maximum atomic E-state index is 12.4. The molecular formula is C22H20ClNO2. The molecule has 0 radical (unpaired) electrons. The van der Waals surface area contributed by atoms with Crippen LogP contribution in [0.2, 0.25) is 5.02 Å². The summed E-state index contributed by atoms with van der Waals surface area (Å²) in [6.07, 6.45) is 0. The number of halogens is 1. The number of hydrogen-bond donors (Lipinski definition) is 1. The topological polar surface area (TPSA) is 38.3 Å². The van der Waals surface area contributed by atoms with Gasteiger partial charge in [0, 0.05) is 10.6 Å². The molecule has 0 aliphatic heterocycles. The first-order valence-electron chi connectivity index (χ1n) is 8.45. The summed E-state index contributed by atoms with van der Waals surface area (Å²) in [6.45, 7) is 2.44. The third-order valence-corrected chi connectivity index (χ3v) is 4.33. The van der Waals surface area contributed by atoms with Gasteiger partial charge in [-0.3, -0.25) is 4.79 Å². The molecule has 132 valence electrons. The van der Waals surface area contributed by atoms with E-state index in [2.05, 4.69) is 5.32 Å². The van der Waals surface area contributed by atoms with Crippen LogP contribution in [0.3, 0.4) is 0 Å². The van der Waals surface area contributed by atoms with E-state index in [9.17, 15) is 4.79 Å². The van der Waals surface area contributed by atoms with E-state index in [-0.39, 0.29) is 11.9 Å². The normalized spacial score (nSPS) is 11.6. The Balaban J connectivity index is 1.57. The van der Waals surface area contributed by atoms with E-state index in [0.29, 0.717) is 17.2 Å². The van der Waals surface area contributed by atoms with Crippen LogP contribution in [-0.2, 0) is 6.61 Å². The van der Waals surface area contributed by atoms with E-state index in [1.54, 1.807) is 12.1 Å². The molecule has 0 fully saturated rings. The molecule has 3 aromatic carbocycles. The zero-order chi connectivity index (χ0) is 18.4. The zero-order valence-corrected chi connectivity index (χ0v) is 15.2. The number of benzene rings is 3. The van der Waals surface area contributed by atoms with Crippen molar-refractivity contribution < 1.29 is 9.53 Å². The van der Waals surface area contributed by atoms with Gasteiger partial charge in [0.15, 0.2) is 0 Å². The Hall–Kier alpha value is -2.78. The van der Waals surface area contributed by atoms with Crippen molar-refractivity contribution in [3.63, 3.8) is 0 Å². The van der Waals surface area contributed by atoms with Crippen molar-refractivity contribution in [1.29, 1.82) is 0 Å². The van der Waals surface area contributed by atoms with Crippen LogP contribution in [0, 0.1) is 0 Å². The SMILES string of the molecule is CC(NC(=O)c1ccc(OCc2ccccc2)cc1)c1ccc(Cl)cc1. The fourth-order valence-corrected chi connectivity index (χ4v) is 2.68. The fourth-order valence-electron chi connectivity index (χ4n) is 2.56. The summed E-state index contributed by atoms with van der Waals surface area (Å²) < 4.78 is 5.74. The Morgan fingerprint density at radius 1 is 0.962 bits per heavy atom. The minimum atomic E-state index is -0.123. The Morgan fingerprint density at radius 3 is 2.27 bits per heavy atom. The van der Waals surface area contributed by atoms with Crippen molar-refractivity contribution in [2.75, 3.05) is 0 Å². The van der Waals surface area contributed by atoms with Crippen molar-refractivity contribution in [2.24, 2.45) is 0 Å². The smallest absolute Gasteiger partial charge is 0.251 e. The number of carbonyl (C=O) groups is 1. The van der Waals surface area contributed by atoms with Crippen LogP contribution in [0.15, 0.2) is 78.9 Å². The number of amides is 1. The molecule has 1 atom stereocenters. The third kappa shape index (κ3) is 4.87. The highest BCUT2D eigenvalue weighted by Gasteiger charge is 2.11. The van der Waals surface area contributed by atoms with Gasteiger partial charge in [0.2, 0.25) is 0 Å². The van der Waals surface area contributed by atoms with Crippen molar-refractivity contribution >= 4 is 17.5 Å². The molecule has 0 aliphatic carbocycles. The number of nitrogens with one attached hydrogen (secondary N) is 1. The van der Waals surface area contributed by atoms with Crippen molar-refractivity contribution in [3.05, 3.63) is 101 Å². The summed E-state index contributed by atoms with van der Waals surface area (Å²) in [7, 11) is 0. The number of ether oxygens (including phenoxy) is 1. The molecule has 0 aromatic heterocycles. The highest BCUT2D eigenvalue weighted by atomic mass is 35.5. The molecule has 0 heterocycles. The molecule has 1 unspecified atom stereocenters. The van der Waals surface area contributed by atoms with Crippen LogP contribution < -0.4 is 10.1 Å². The maximum Gasteiger partial charge on any atom is 0.251 e. The lowest BCUT2D eigenvalue weighted by molar-refractivity contribution is 0.0940. The lowest BCUT2D eigenvalue weighted by Gasteiger charge is -2.15. The minimum absolute atomic E-state index is 0.103. The van der Waals surface area contributed by atoms with E-state index in [1.165, 1.54) is 0 Å². The van der Waals surface area contributed by atoms with Crippen LogP contribution >= 0.6 is 11.6 Å². The second-order valence-electron chi connectivity index (χ2n) is 6.05. The molecule has 1 N–H and O–H groups in total. The van der Waals surface area contributed by atoms with E-state index < -0.39 is 0 Å². The fraction of sp³-hybridized carbons (Fsp3) is 0.136. The average Bonchev–Trinajstić information content (AvgIpc) is 2.68. The molecule has 26 heavy (non-hydrogen) atoms. The molecule has 4 heteroatoms. The van der Waals surface area contributed by atoms with Gasteiger partial charge < -0.3 is 10.1 Å². The van der Waals surface area contributed by atoms with Crippen LogP contribution in [0.4, 0.5) is 0 Å². The first kappa shape index (κ1) is 18.0.